The zero-order chi connectivity index (χ0) is 30.6. The van der Waals surface area contributed by atoms with Gasteiger partial charge >= 0.3 is 0 Å². The second-order valence-corrected chi connectivity index (χ2v) is 11.5. The van der Waals surface area contributed by atoms with Crippen LogP contribution in [0.5, 0.6) is 0 Å². The number of carbonyl (C=O) groups is 1. The quantitative estimate of drug-likeness (QED) is 0.293. The van der Waals surface area contributed by atoms with E-state index >= 15 is 0 Å². The number of hydrogen-bond donors (Lipinski definition) is 1. The molecule has 0 aliphatic carbocycles. The summed E-state index contributed by atoms with van der Waals surface area (Å²) in [5, 5.41) is 2.98. The van der Waals surface area contributed by atoms with Gasteiger partial charge in [-0.05, 0) is 35.2 Å². The fourth-order valence-corrected chi connectivity index (χ4v) is 6.76. The summed E-state index contributed by atoms with van der Waals surface area (Å²) < 4.78 is 6.78. The number of rotatable bonds is 7. The number of nitrogens with one attached hydrogen (secondary N) is 1. The van der Waals surface area contributed by atoms with Crippen LogP contribution in [0, 0.1) is 0 Å². The van der Waals surface area contributed by atoms with Crippen molar-refractivity contribution in [1.82, 2.24) is 15.1 Å². The van der Waals surface area contributed by atoms with Crippen LogP contribution in [-0.2, 0) is 10.3 Å². The van der Waals surface area contributed by atoms with E-state index in [0.29, 0.717) is 17.9 Å². The molecular formula is C37H36N6O2. The molecular weight excluding hydrogens is 560 g/mol. The maximum absolute atomic E-state index is 13.0. The van der Waals surface area contributed by atoms with Crippen molar-refractivity contribution in [2.75, 3.05) is 13.1 Å². The van der Waals surface area contributed by atoms with Gasteiger partial charge < -0.3 is 15.0 Å². The van der Waals surface area contributed by atoms with Gasteiger partial charge in [0.2, 0.25) is 0 Å². The first-order chi connectivity index (χ1) is 22.2. The van der Waals surface area contributed by atoms with Crippen molar-refractivity contribution in [1.29, 1.82) is 0 Å². The molecule has 0 radical (unpaired) electrons. The normalized spacial score (nSPS) is 23.0. The highest BCUT2D eigenvalue weighted by Gasteiger charge is 2.49. The van der Waals surface area contributed by atoms with E-state index in [-0.39, 0.29) is 24.4 Å². The Morgan fingerprint density at radius 3 is 1.91 bits per heavy atom. The zero-order valence-corrected chi connectivity index (χ0v) is 25.2. The van der Waals surface area contributed by atoms with Crippen molar-refractivity contribution >= 4 is 24.4 Å². The van der Waals surface area contributed by atoms with Crippen LogP contribution in [0.4, 0.5) is 0 Å². The lowest BCUT2D eigenvalue weighted by atomic mass is 9.75. The number of benzene rings is 4. The van der Waals surface area contributed by atoms with E-state index in [0.717, 1.165) is 13.0 Å². The number of amides is 1. The number of fused-ring (bicyclic) bond motifs is 1. The molecule has 1 fully saturated rings. The number of amidine groups is 1. The molecule has 1 amide bonds. The molecule has 0 spiro atoms. The Labute approximate surface area is 263 Å². The summed E-state index contributed by atoms with van der Waals surface area (Å²) in [5.41, 5.74) is 3.58. The smallest absolute Gasteiger partial charge is 0.256 e. The molecule has 0 saturated carbocycles. The van der Waals surface area contributed by atoms with Gasteiger partial charge in [-0.15, -0.1) is 0 Å². The van der Waals surface area contributed by atoms with Gasteiger partial charge in [-0.3, -0.25) is 14.7 Å². The van der Waals surface area contributed by atoms with E-state index in [1.807, 2.05) is 24.5 Å². The predicted molar refractivity (Wildman–Crippen MR) is 177 cm³/mol. The molecule has 8 nitrogen and oxygen atoms in total. The van der Waals surface area contributed by atoms with Gasteiger partial charge in [0.25, 0.3) is 5.91 Å². The summed E-state index contributed by atoms with van der Waals surface area (Å²) in [4.78, 5) is 31.6. The predicted octanol–water partition coefficient (Wildman–Crippen LogP) is 5.32. The number of aliphatic imine (C=N–C) groups is 3. The third kappa shape index (κ3) is 5.36. The van der Waals surface area contributed by atoms with Crippen LogP contribution in [0.15, 0.2) is 136 Å². The van der Waals surface area contributed by atoms with Crippen LogP contribution in [0.1, 0.15) is 40.4 Å². The Morgan fingerprint density at radius 2 is 1.36 bits per heavy atom. The second kappa shape index (κ2) is 12.6. The fraction of sp³-hybridized carbons (Fsp3) is 0.243. The Hall–Kier alpha value is -4.92. The largest absolute Gasteiger partial charge is 0.352 e. The van der Waals surface area contributed by atoms with Crippen LogP contribution >= 0.6 is 0 Å². The van der Waals surface area contributed by atoms with E-state index in [1.165, 1.54) is 23.0 Å². The van der Waals surface area contributed by atoms with Crippen LogP contribution in [0.2, 0.25) is 0 Å². The first-order valence-electron chi connectivity index (χ1n) is 15.5. The summed E-state index contributed by atoms with van der Waals surface area (Å²) in [6.07, 6.45) is 3.45. The Balaban J connectivity index is 1.24. The first-order valence-corrected chi connectivity index (χ1v) is 15.5. The fourth-order valence-electron chi connectivity index (χ4n) is 6.76. The number of ether oxygens (including phenoxy) is 1. The summed E-state index contributed by atoms with van der Waals surface area (Å²) in [5.74, 6) is 0.260. The molecule has 0 aromatic heterocycles. The third-order valence-electron chi connectivity index (χ3n) is 8.91. The molecule has 2 unspecified atom stereocenters. The lowest BCUT2D eigenvalue weighted by Gasteiger charge is -2.52. The van der Waals surface area contributed by atoms with E-state index in [2.05, 4.69) is 118 Å². The molecule has 226 valence electrons. The summed E-state index contributed by atoms with van der Waals surface area (Å²) in [6, 6.07) is 40.9. The summed E-state index contributed by atoms with van der Waals surface area (Å²) in [6.45, 7) is 3.51. The summed E-state index contributed by atoms with van der Waals surface area (Å²) >= 11 is 0. The minimum Gasteiger partial charge on any atom is -0.352 e. The zero-order valence-electron chi connectivity index (χ0n) is 25.2. The van der Waals surface area contributed by atoms with Crippen LogP contribution in [-0.4, -0.2) is 71.8 Å². The topological polar surface area (TPSA) is 81.9 Å². The van der Waals surface area contributed by atoms with E-state index < -0.39 is 11.6 Å². The van der Waals surface area contributed by atoms with Gasteiger partial charge in [0.15, 0.2) is 12.2 Å². The van der Waals surface area contributed by atoms with E-state index in [1.54, 1.807) is 12.1 Å². The highest BCUT2D eigenvalue weighted by atomic mass is 16.5. The van der Waals surface area contributed by atoms with Gasteiger partial charge in [-0.25, -0.2) is 9.98 Å². The molecule has 3 aliphatic rings. The number of nitrogens with zero attached hydrogens (tertiary/aromatic N) is 5. The molecule has 4 aromatic rings. The first kappa shape index (κ1) is 28.8. The Morgan fingerprint density at radius 1 is 0.800 bits per heavy atom. The minimum absolute atomic E-state index is 0.0230. The van der Waals surface area contributed by atoms with Gasteiger partial charge in [0, 0.05) is 18.7 Å². The van der Waals surface area contributed by atoms with Gasteiger partial charge in [0.1, 0.15) is 18.4 Å². The van der Waals surface area contributed by atoms with Crippen molar-refractivity contribution in [3.05, 3.63) is 144 Å². The van der Waals surface area contributed by atoms with Gasteiger partial charge in [-0.1, -0.05) is 116 Å². The summed E-state index contributed by atoms with van der Waals surface area (Å²) in [7, 11) is 0. The number of carbonyl (C=O) groups excluding carboxylic acids is 1. The minimum atomic E-state index is -0.568. The van der Waals surface area contributed by atoms with Crippen molar-refractivity contribution in [2.45, 2.75) is 43.4 Å². The van der Waals surface area contributed by atoms with Gasteiger partial charge in [0.05, 0.1) is 18.0 Å². The molecule has 7 rings (SSSR count). The Bertz CT molecular complexity index is 1600. The molecule has 8 heteroatoms. The average Bonchev–Trinajstić information content (AvgIpc) is 3.56. The maximum Gasteiger partial charge on any atom is 0.256 e. The van der Waals surface area contributed by atoms with Gasteiger partial charge in [-0.2, -0.15) is 0 Å². The van der Waals surface area contributed by atoms with E-state index in [4.69, 9.17) is 14.7 Å². The van der Waals surface area contributed by atoms with Crippen molar-refractivity contribution in [2.24, 2.45) is 15.0 Å². The molecule has 1 N–H and O–H groups in total. The lowest BCUT2D eigenvalue weighted by molar-refractivity contribution is -0.152. The molecule has 45 heavy (non-hydrogen) atoms. The molecule has 0 bridgehead atoms. The highest BCUT2D eigenvalue weighted by Crippen LogP contribution is 2.44. The van der Waals surface area contributed by atoms with Crippen LogP contribution in [0.25, 0.3) is 0 Å². The van der Waals surface area contributed by atoms with Crippen LogP contribution < -0.4 is 5.32 Å². The molecule has 1 saturated heterocycles. The average molecular weight is 597 g/mol. The van der Waals surface area contributed by atoms with Crippen LogP contribution in [0.3, 0.4) is 0 Å². The SMILES string of the molecule is CC[C@@H]1CN(C(c2ccccc2)(c2ccccc2)c2ccccc2)C[C@H](N2C=NC3C(NC(=O)c4ccccc4)=NC=NC32)O1. The lowest BCUT2D eigenvalue weighted by Crippen LogP contribution is -2.62. The molecule has 4 atom stereocenters. The molecule has 3 aliphatic heterocycles. The maximum atomic E-state index is 13.0. The number of morpholine rings is 1. The standard InChI is InChI=1S/C37H36N6O2/c1-2-31-23-42(37(28-17-9-4-10-18-28,29-19-11-5-12-20-29)30-21-13-6-14-22-30)24-32(45-31)43-26-40-33-34(38-25-39-35(33)43)41-36(44)27-15-7-3-8-16-27/h3-22,25-26,31-33,35H,2,23-24H2,1H3,(H,38,39,41,44)/t31-,32-,33?,35?/m1/s1. The second-order valence-electron chi connectivity index (χ2n) is 11.5. The monoisotopic (exact) mass is 596 g/mol. The van der Waals surface area contributed by atoms with E-state index in [9.17, 15) is 4.79 Å². The van der Waals surface area contributed by atoms with Crippen molar-refractivity contribution < 1.29 is 9.53 Å². The van der Waals surface area contributed by atoms with Crippen molar-refractivity contribution in [3.8, 4) is 0 Å². The molecule has 3 heterocycles. The highest BCUT2D eigenvalue weighted by molar-refractivity contribution is 6.11. The molecule has 4 aromatic carbocycles. The third-order valence-corrected chi connectivity index (χ3v) is 8.91. The van der Waals surface area contributed by atoms with Crippen molar-refractivity contribution in [3.63, 3.8) is 0 Å². The number of hydrogen-bond acceptors (Lipinski definition) is 7. The Kier molecular flexibility index (Phi) is 8.07.